The second kappa shape index (κ2) is 7.78. The number of hydrogen-bond acceptors (Lipinski definition) is 2. The molecule has 104 valence electrons. The van der Waals surface area contributed by atoms with E-state index in [0.29, 0.717) is 6.04 Å². The summed E-state index contributed by atoms with van der Waals surface area (Å²) in [6.07, 6.45) is 12.0. The van der Waals surface area contributed by atoms with E-state index in [9.17, 15) is 4.79 Å². The van der Waals surface area contributed by atoms with E-state index in [2.05, 4.69) is 10.6 Å². The van der Waals surface area contributed by atoms with Crippen molar-refractivity contribution in [3.05, 3.63) is 0 Å². The summed E-state index contributed by atoms with van der Waals surface area (Å²) >= 11 is 0. The van der Waals surface area contributed by atoms with Crippen LogP contribution in [0.5, 0.6) is 0 Å². The molecule has 0 aromatic rings. The van der Waals surface area contributed by atoms with Crippen LogP contribution < -0.4 is 10.6 Å². The molecule has 1 unspecified atom stereocenters. The van der Waals surface area contributed by atoms with Crippen molar-refractivity contribution >= 4 is 5.91 Å². The van der Waals surface area contributed by atoms with Gasteiger partial charge in [0.2, 0.25) is 5.91 Å². The van der Waals surface area contributed by atoms with Crippen molar-refractivity contribution in [2.45, 2.75) is 70.3 Å². The summed E-state index contributed by atoms with van der Waals surface area (Å²) in [5.74, 6) is 1.01. The van der Waals surface area contributed by atoms with Gasteiger partial charge in [-0.3, -0.25) is 4.79 Å². The number of amides is 1. The molecule has 2 aliphatic rings. The zero-order valence-corrected chi connectivity index (χ0v) is 11.5. The van der Waals surface area contributed by atoms with Crippen LogP contribution in [0.15, 0.2) is 0 Å². The number of carbonyl (C=O) groups is 1. The van der Waals surface area contributed by atoms with Gasteiger partial charge in [-0.2, -0.15) is 0 Å². The molecule has 1 heterocycles. The molecule has 0 bridgehead atoms. The molecule has 3 nitrogen and oxygen atoms in total. The highest BCUT2D eigenvalue weighted by molar-refractivity contribution is 5.76. The van der Waals surface area contributed by atoms with Gasteiger partial charge >= 0.3 is 0 Å². The average Bonchev–Trinajstić information content (AvgIpc) is 2.66. The van der Waals surface area contributed by atoms with Crippen LogP contribution in [0.4, 0.5) is 0 Å². The van der Waals surface area contributed by atoms with Gasteiger partial charge < -0.3 is 10.6 Å². The van der Waals surface area contributed by atoms with Crippen LogP contribution in [0, 0.1) is 5.92 Å². The lowest BCUT2D eigenvalue weighted by Crippen LogP contribution is -2.35. The van der Waals surface area contributed by atoms with Crippen LogP contribution >= 0.6 is 0 Å². The van der Waals surface area contributed by atoms with Crippen molar-refractivity contribution in [1.29, 1.82) is 0 Å². The van der Waals surface area contributed by atoms with Crippen molar-refractivity contribution < 1.29 is 4.79 Å². The quantitative estimate of drug-likeness (QED) is 0.755. The smallest absolute Gasteiger partial charge is 0.220 e. The first-order valence-corrected chi connectivity index (χ1v) is 7.84. The minimum atomic E-state index is 0.285. The molecular formula is C15H28N2O. The van der Waals surface area contributed by atoms with Crippen molar-refractivity contribution in [1.82, 2.24) is 10.6 Å². The predicted octanol–water partition coefficient (Wildman–Crippen LogP) is 2.61. The SMILES string of the molecule is O=C(CCC1CCCNC1)NC1CCCCCC1. The Balaban J connectivity index is 1.61. The van der Waals surface area contributed by atoms with E-state index >= 15 is 0 Å². The van der Waals surface area contributed by atoms with Crippen LogP contribution in [0.25, 0.3) is 0 Å². The molecule has 18 heavy (non-hydrogen) atoms. The summed E-state index contributed by atoms with van der Waals surface area (Å²) in [6.45, 7) is 2.27. The Kier molecular flexibility index (Phi) is 5.98. The lowest BCUT2D eigenvalue weighted by Gasteiger charge is -2.23. The van der Waals surface area contributed by atoms with E-state index in [1.54, 1.807) is 0 Å². The van der Waals surface area contributed by atoms with E-state index in [0.717, 1.165) is 31.8 Å². The maximum absolute atomic E-state index is 11.9. The molecule has 3 heteroatoms. The number of piperidine rings is 1. The molecule has 0 spiro atoms. The topological polar surface area (TPSA) is 41.1 Å². The first-order valence-electron chi connectivity index (χ1n) is 7.84. The number of rotatable bonds is 4. The lowest BCUT2D eigenvalue weighted by molar-refractivity contribution is -0.122. The molecule has 2 fully saturated rings. The third kappa shape index (κ3) is 4.97. The van der Waals surface area contributed by atoms with Gasteiger partial charge in [-0.05, 0) is 51.1 Å². The monoisotopic (exact) mass is 252 g/mol. The molecular weight excluding hydrogens is 224 g/mol. The second-order valence-corrected chi connectivity index (χ2v) is 6.01. The summed E-state index contributed by atoms with van der Waals surface area (Å²) in [5, 5.41) is 6.66. The van der Waals surface area contributed by atoms with Crippen LogP contribution in [-0.2, 0) is 4.79 Å². The Morgan fingerprint density at radius 1 is 1.06 bits per heavy atom. The minimum Gasteiger partial charge on any atom is -0.353 e. The zero-order chi connectivity index (χ0) is 12.6. The van der Waals surface area contributed by atoms with Gasteiger partial charge in [0.05, 0.1) is 0 Å². The normalized spacial score (nSPS) is 26.6. The Morgan fingerprint density at radius 3 is 2.50 bits per heavy atom. The molecule has 0 aromatic heterocycles. The van der Waals surface area contributed by atoms with Crippen molar-refractivity contribution in [3.8, 4) is 0 Å². The molecule has 1 aliphatic carbocycles. The van der Waals surface area contributed by atoms with Crippen molar-refractivity contribution in [2.24, 2.45) is 5.92 Å². The predicted molar refractivity (Wildman–Crippen MR) is 74.5 cm³/mol. The maximum Gasteiger partial charge on any atom is 0.220 e. The second-order valence-electron chi connectivity index (χ2n) is 6.01. The highest BCUT2D eigenvalue weighted by atomic mass is 16.1. The van der Waals surface area contributed by atoms with E-state index < -0.39 is 0 Å². The highest BCUT2D eigenvalue weighted by Gasteiger charge is 2.17. The van der Waals surface area contributed by atoms with Crippen LogP contribution in [0.3, 0.4) is 0 Å². The zero-order valence-electron chi connectivity index (χ0n) is 11.5. The molecule has 1 atom stereocenters. The first kappa shape index (κ1) is 13.9. The highest BCUT2D eigenvalue weighted by Crippen LogP contribution is 2.18. The van der Waals surface area contributed by atoms with Gasteiger partial charge in [-0.25, -0.2) is 0 Å². The Bertz CT molecular complexity index is 241. The van der Waals surface area contributed by atoms with Gasteiger partial charge in [-0.1, -0.05) is 25.7 Å². The third-order valence-corrected chi connectivity index (χ3v) is 4.40. The van der Waals surface area contributed by atoms with Gasteiger partial charge in [0, 0.05) is 12.5 Å². The van der Waals surface area contributed by atoms with Gasteiger partial charge in [0.25, 0.3) is 0 Å². The van der Waals surface area contributed by atoms with Crippen molar-refractivity contribution in [3.63, 3.8) is 0 Å². The molecule has 1 saturated heterocycles. The number of hydrogen-bond donors (Lipinski definition) is 2. The van der Waals surface area contributed by atoms with Crippen LogP contribution in [-0.4, -0.2) is 25.0 Å². The number of nitrogens with one attached hydrogen (secondary N) is 2. The van der Waals surface area contributed by atoms with Crippen LogP contribution in [0.2, 0.25) is 0 Å². The minimum absolute atomic E-state index is 0.285. The van der Waals surface area contributed by atoms with Gasteiger partial charge in [0.15, 0.2) is 0 Å². The first-order chi connectivity index (χ1) is 8.84. The standard InChI is InChI=1S/C15H28N2O/c18-15(10-9-13-6-5-11-16-12-13)17-14-7-3-1-2-4-8-14/h13-14,16H,1-12H2,(H,17,18). The molecule has 0 radical (unpaired) electrons. The molecule has 1 saturated carbocycles. The molecule has 1 aliphatic heterocycles. The summed E-state index contributed by atoms with van der Waals surface area (Å²) in [6, 6.07) is 0.462. The summed E-state index contributed by atoms with van der Waals surface area (Å²) in [7, 11) is 0. The fourth-order valence-corrected chi connectivity index (χ4v) is 3.23. The van der Waals surface area contributed by atoms with E-state index in [-0.39, 0.29) is 5.91 Å². The Hall–Kier alpha value is -0.570. The fraction of sp³-hybridized carbons (Fsp3) is 0.933. The van der Waals surface area contributed by atoms with E-state index in [4.69, 9.17) is 0 Å². The molecule has 2 rings (SSSR count). The van der Waals surface area contributed by atoms with E-state index in [1.165, 1.54) is 51.4 Å². The third-order valence-electron chi connectivity index (χ3n) is 4.40. The van der Waals surface area contributed by atoms with Crippen molar-refractivity contribution in [2.75, 3.05) is 13.1 Å². The summed E-state index contributed by atoms with van der Waals surface area (Å²) < 4.78 is 0. The summed E-state index contributed by atoms with van der Waals surface area (Å²) in [4.78, 5) is 11.9. The number of carbonyl (C=O) groups excluding carboxylic acids is 1. The van der Waals surface area contributed by atoms with Crippen LogP contribution in [0.1, 0.15) is 64.2 Å². The van der Waals surface area contributed by atoms with Gasteiger partial charge in [-0.15, -0.1) is 0 Å². The van der Waals surface area contributed by atoms with Gasteiger partial charge in [0.1, 0.15) is 0 Å². The maximum atomic E-state index is 11.9. The Labute approximate surface area is 111 Å². The average molecular weight is 252 g/mol. The van der Waals surface area contributed by atoms with E-state index in [1.807, 2.05) is 0 Å². The molecule has 0 aromatic carbocycles. The Morgan fingerprint density at radius 2 is 1.83 bits per heavy atom. The lowest BCUT2D eigenvalue weighted by atomic mass is 9.94. The summed E-state index contributed by atoms with van der Waals surface area (Å²) in [5.41, 5.74) is 0. The fourth-order valence-electron chi connectivity index (χ4n) is 3.23. The largest absolute Gasteiger partial charge is 0.353 e. The molecule has 2 N–H and O–H groups in total. The molecule has 1 amide bonds.